The zero-order valence-electron chi connectivity index (χ0n) is 16.2. The summed E-state index contributed by atoms with van der Waals surface area (Å²) >= 11 is 1.38. The summed E-state index contributed by atoms with van der Waals surface area (Å²) in [5.74, 6) is 2.48. The van der Waals surface area contributed by atoms with Gasteiger partial charge in [0.15, 0.2) is 0 Å². The summed E-state index contributed by atoms with van der Waals surface area (Å²) in [5.41, 5.74) is 1.01. The first-order valence-electron chi connectivity index (χ1n) is 10.3. The lowest BCUT2D eigenvalue weighted by molar-refractivity contribution is -0.113. The Morgan fingerprint density at radius 1 is 1.10 bits per heavy atom. The van der Waals surface area contributed by atoms with Gasteiger partial charge in [0.25, 0.3) is 0 Å². The van der Waals surface area contributed by atoms with Crippen LogP contribution in [0.25, 0.3) is 5.69 Å². The number of para-hydroxylation sites is 1. The number of rotatable bonds is 7. The van der Waals surface area contributed by atoms with Crippen LogP contribution in [0.15, 0.2) is 47.8 Å². The number of thioether (sulfide) groups is 1. The van der Waals surface area contributed by atoms with Gasteiger partial charge in [-0.3, -0.25) is 4.79 Å². The molecule has 2 aliphatic rings. The fourth-order valence-corrected chi connectivity index (χ4v) is 4.52. The van der Waals surface area contributed by atoms with Gasteiger partial charge in [0.05, 0.1) is 23.7 Å². The first-order chi connectivity index (χ1) is 14.3. The first kappa shape index (κ1) is 18.4. The summed E-state index contributed by atoms with van der Waals surface area (Å²) in [7, 11) is 0. The molecule has 0 radical (unpaired) electrons. The predicted molar refractivity (Wildman–Crippen MR) is 112 cm³/mol. The molecule has 29 heavy (non-hydrogen) atoms. The minimum Gasteiger partial charge on any atom is -0.310 e. The zero-order chi connectivity index (χ0) is 19.6. The van der Waals surface area contributed by atoms with E-state index in [4.69, 9.17) is 4.98 Å². The molecule has 0 aliphatic heterocycles. The highest BCUT2D eigenvalue weighted by Crippen LogP contribution is 2.40. The molecule has 150 valence electrons. The Morgan fingerprint density at radius 3 is 2.66 bits per heavy atom. The number of hydrogen-bond acceptors (Lipinski definition) is 5. The molecular weight excluding hydrogens is 384 g/mol. The van der Waals surface area contributed by atoms with Crippen molar-refractivity contribution in [1.82, 2.24) is 24.5 Å². The van der Waals surface area contributed by atoms with E-state index in [1.54, 1.807) is 6.20 Å². The summed E-state index contributed by atoms with van der Waals surface area (Å²) in [6.45, 7) is 0. The molecule has 0 spiro atoms. The maximum Gasteiger partial charge on any atom is 0.235 e. The summed E-state index contributed by atoms with van der Waals surface area (Å²) in [4.78, 5) is 17.2. The topological polar surface area (TPSA) is 77.6 Å². The first-order valence-corrected chi connectivity index (χ1v) is 11.2. The number of anilines is 1. The molecule has 2 heterocycles. The van der Waals surface area contributed by atoms with E-state index in [2.05, 4.69) is 15.5 Å². The van der Waals surface area contributed by atoms with Gasteiger partial charge < -0.3 is 5.32 Å². The van der Waals surface area contributed by atoms with Crippen LogP contribution in [0.5, 0.6) is 0 Å². The van der Waals surface area contributed by atoms with Crippen molar-refractivity contribution in [2.24, 2.45) is 0 Å². The van der Waals surface area contributed by atoms with E-state index in [1.165, 1.54) is 24.6 Å². The summed E-state index contributed by atoms with van der Waals surface area (Å²) < 4.78 is 3.89. The van der Waals surface area contributed by atoms with Gasteiger partial charge in [-0.1, -0.05) is 42.8 Å². The average molecular weight is 409 g/mol. The average Bonchev–Trinajstić information content (AvgIpc) is 3.13. The van der Waals surface area contributed by atoms with Crippen LogP contribution >= 0.6 is 11.8 Å². The molecule has 0 saturated heterocycles. The Kier molecular flexibility index (Phi) is 5.10. The molecule has 0 atom stereocenters. The van der Waals surface area contributed by atoms with Gasteiger partial charge in [-0.2, -0.15) is 5.10 Å². The van der Waals surface area contributed by atoms with E-state index >= 15 is 0 Å². The molecule has 2 fully saturated rings. The van der Waals surface area contributed by atoms with Crippen molar-refractivity contribution >= 4 is 23.5 Å². The number of aromatic nitrogens is 5. The lowest BCUT2D eigenvalue weighted by Crippen LogP contribution is -2.19. The van der Waals surface area contributed by atoms with Crippen molar-refractivity contribution in [2.45, 2.75) is 55.6 Å². The van der Waals surface area contributed by atoms with Crippen LogP contribution in [0.2, 0.25) is 0 Å². The second-order valence-corrected chi connectivity index (χ2v) is 8.65. The molecular formula is C21H24N6OS. The molecule has 7 nitrogen and oxygen atoms in total. The standard InChI is InChI=1S/C21H24N6OS/c28-19(23-18-12-13-22-26(18)16-8-4-5-9-16)14-29-21-24-20(15-10-11-15)27(25-21)17-6-2-1-3-7-17/h1-3,6-7,12-13,15-16H,4-5,8-11,14H2,(H,23,28). The highest BCUT2D eigenvalue weighted by atomic mass is 32.2. The summed E-state index contributed by atoms with van der Waals surface area (Å²) in [5, 5.41) is 12.7. The van der Waals surface area contributed by atoms with Gasteiger partial charge in [0, 0.05) is 12.0 Å². The van der Waals surface area contributed by atoms with Crippen LogP contribution in [-0.4, -0.2) is 36.2 Å². The monoisotopic (exact) mass is 408 g/mol. The third-order valence-electron chi connectivity index (χ3n) is 5.50. The molecule has 1 aromatic carbocycles. The molecule has 5 rings (SSSR count). The minimum atomic E-state index is -0.0567. The SMILES string of the molecule is O=C(CSc1nc(C2CC2)n(-c2ccccc2)n1)Nc1ccnn1C1CCCC1. The van der Waals surface area contributed by atoms with Crippen LogP contribution in [-0.2, 0) is 4.79 Å². The number of amides is 1. The second-order valence-electron chi connectivity index (χ2n) is 7.71. The maximum absolute atomic E-state index is 12.5. The van der Waals surface area contributed by atoms with E-state index in [-0.39, 0.29) is 11.7 Å². The van der Waals surface area contributed by atoms with Crippen LogP contribution < -0.4 is 5.32 Å². The molecule has 1 amide bonds. The highest BCUT2D eigenvalue weighted by molar-refractivity contribution is 7.99. The summed E-state index contributed by atoms with van der Waals surface area (Å²) in [6.07, 6.45) is 8.78. The lowest BCUT2D eigenvalue weighted by atomic mass is 10.2. The van der Waals surface area contributed by atoms with Crippen molar-refractivity contribution in [3.05, 3.63) is 48.4 Å². The third kappa shape index (κ3) is 4.07. The van der Waals surface area contributed by atoms with Gasteiger partial charge in [-0.25, -0.2) is 14.3 Å². The normalized spacial score (nSPS) is 17.0. The van der Waals surface area contributed by atoms with E-state index in [0.29, 0.717) is 17.1 Å². The van der Waals surface area contributed by atoms with E-state index < -0.39 is 0 Å². The fourth-order valence-electron chi connectivity index (χ4n) is 3.89. The molecule has 3 aromatic rings. The molecule has 1 N–H and O–H groups in total. The Labute approximate surface area is 173 Å². The third-order valence-corrected chi connectivity index (χ3v) is 6.33. The van der Waals surface area contributed by atoms with Crippen molar-refractivity contribution in [1.29, 1.82) is 0 Å². The number of benzene rings is 1. The van der Waals surface area contributed by atoms with Crippen LogP contribution in [0.4, 0.5) is 5.82 Å². The Morgan fingerprint density at radius 2 is 1.90 bits per heavy atom. The van der Waals surface area contributed by atoms with Crippen LogP contribution in [0.3, 0.4) is 0 Å². The molecule has 2 aliphatic carbocycles. The maximum atomic E-state index is 12.5. The molecule has 2 aromatic heterocycles. The van der Waals surface area contributed by atoms with Gasteiger partial charge in [-0.05, 0) is 37.8 Å². The number of carbonyl (C=O) groups excluding carboxylic acids is 1. The van der Waals surface area contributed by atoms with Crippen molar-refractivity contribution in [2.75, 3.05) is 11.1 Å². The largest absolute Gasteiger partial charge is 0.310 e. The minimum absolute atomic E-state index is 0.0567. The summed E-state index contributed by atoms with van der Waals surface area (Å²) in [6, 6.07) is 12.3. The predicted octanol–water partition coefficient (Wildman–Crippen LogP) is 4.19. The quantitative estimate of drug-likeness (QED) is 0.593. The van der Waals surface area contributed by atoms with Gasteiger partial charge in [-0.15, -0.1) is 5.10 Å². The van der Waals surface area contributed by atoms with Gasteiger partial charge in [0.1, 0.15) is 11.6 Å². The highest BCUT2D eigenvalue weighted by Gasteiger charge is 2.30. The second kappa shape index (κ2) is 8.02. The fraction of sp³-hybridized carbons (Fsp3) is 0.429. The molecule has 0 bridgehead atoms. The van der Waals surface area contributed by atoms with Crippen molar-refractivity contribution in [3.8, 4) is 5.69 Å². The van der Waals surface area contributed by atoms with E-state index in [9.17, 15) is 4.79 Å². The molecule has 0 unspecified atom stereocenters. The van der Waals surface area contributed by atoms with Crippen LogP contribution in [0, 0.1) is 0 Å². The van der Waals surface area contributed by atoms with E-state index in [1.807, 2.05) is 45.8 Å². The van der Waals surface area contributed by atoms with E-state index in [0.717, 1.165) is 43.0 Å². The smallest absolute Gasteiger partial charge is 0.235 e. The van der Waals surface area contributed by atoms with Crippen molar-refractivity contribution in [3.63, 3.8) is 0 Å². The van der Waals surface area contributed by atoms with Crippen LogP contribution in [0.1, 0.15) is 56.3 Å². The lowest BCUT2D eigenvalue weighted by Gasteiger charge is -2.14. The van der Waals surface area contributed by atoms with Gasteiger partial charge >= 0.3 is 0 Å². The van der Waals surface area contributed by atoms with Crippen molar-refractivity contribution < 1.29 is 4.79 Å². The number of nitrogens with zero attached hydrogens (tertiary/aromatic N) is 5. The Hall–Kier alpha value is -2.61. The van der Waals surface area contributed by atoms with Gasteiger partial charge in [0.2, 0.25) is 11.1 Å². The Balaban J connectivity index is 1.25. The number of nitrogens with one attached hydrogen (secondary N) is 1. The number of carbonyl (C=O) groups is 1. The molecule has 2 saturated carbocycles. The number of hydrogen-bond donors (Lipinski definition) is 1. The molecule has 8 heteroatoms. The zero-order valence-corrected chi connectivity index (χ0v) is 17.0. The Bertz CT molecular complexity index is 988.